The highest BCUT2D eigenvalue weighted by Crippen LogP contribution is 2.38. The summed E-state index contributed by atoms with van der Waals surface area (Å²) in [6, 6.07) is 10.3. The SMILES string of the molecule is NC(=O)c1nc(Cl)c2oc(Oc3ccccc3)cc2c1O. The zero-order valence-electron chi connectivity index (χ0n) is 10.5. The molecule has 2 aromatic heterocycles. The monoisotopic (exact) mass is 304 g/mol. The van der Waals surface area contributed by atoms with Crippen LogP contribution in [0.15, 0.2) is 40.8 Å². The smallest absolute Gasteiger partial charge is 0.291 e. The summed E-state index contributed by atoms with van der Waals surface area (Å²) in [6.45, 7) is 0. The van der Waals surface area contributed by atoms with E-state index in [1.807, 2.05) is 6.07 Å². The third kappa shape index (κ3) is 2.36. The van der Waals surface area contributed by atoms with Crippen molar-refractivity contribution in [3.63, 3.8) is 0 Å². The number of hydrogen-bond donors (Lipinski definition) is 2. The number of primary amides is 1. The maximum atomic E-state index is 11.2. The predicted molar refractivity (Wildman–Crippen MR) is 75.7 cm³/mol. The number of para-hydroxylation sites is 1. The predicted octanol–water partition coefficient (Wildman–Crippen LogP) is 3.08. The van der Waals surface area contributed by atoms with Crippen LogP contribution in [0.3, 0.4) is 0 Å². The Bertz CT molecular complexity index is 830. The highest BCUT2D eigenvalue weighted by Gasteiger charge is 2.20. The van der Waals surface area contributed by atoms with E-state index in [9.17, 15) is 9.90 Å². The van der Waals surface area contributed by atoms with Gasteiger partial charge in [0.1, 0.15) is 5.75 Å². The number of pyridine rings is 1. The Labute approximate surface area is 123 Å². The first kappa shape index (κ1) is 13.3. The van der Waals surface area contributed by atoms with Crippen molar-refractivity contribution >= 4 is 28.5 Å². The number of carbonyl (C=O) groups is 1. The van der Waals surface area contributed by atoms with Crippen molar-refractivity contribution in [2.75, 3.05) is 0 Å². The van der Waals surface area contributed by atoms with E-state index >= 15 is 0 Å². The summed E-state index contributed by atoms with van der Waals surface area (Å²) >= 11 is 5.92. The molecule has 0 atom stereocenters. The fourth-order valence-electron chi connectivity index (χ4n) is 1.85. The Kier molecular flexibility index (Phi) is 3.15. The Morgan fingerprint density at radius 3 is 2.71 bits per heavy atom. The van der Waals surface area contributed by atoms with Crippen molar-refractivity contribution in [3.05, 3.63) is 47.2 Å². The lowest BCUT2D eigenvalue weighted by Gasteiger charge is -2.00. The largest absolute Gasteiger partial charge is 0.505 e. The van der Waals surface area contributed by atoms with Gasteiger partial charge in [-0.2, -0.15) is 0 Å². The second-order valence-electron chi connectivity index (χ2n) is 4.19. The molecule has 7 heteroatoms. The average Bonchev–Trinajstić information content (AvgIpc) is 2.88. The number of furan rings is 1. The summed E-state index contributed by atoms with van der Waals surface area (Å²) in [4.78, 5) is 14.9. The number of nitrogens with two attached hydrogens (primary N) is 1. The van der Waals surface area contributed by atoms with Gasteiger partial charge in [-0.25, -0.2) is 4.98 Å². The summed E-state index contributed by atoms with van der Waals surface area (Å²) in [6.07, 6.45) is 0. The molecule has 1 aromatic carbocycles. The van der Waals surface area contributed by atoms with Gasteiger partial charge in [-0.3, -0.25) is 4.79 Å². The van der Waals surface area contributed by atoms with E-state index in [1.165, 1.54) is 6.07 Å². The van der Waals surface area contributed by atoms with Crippen LogP contribution in [0, 0.1) is 0 Å². The van der Waals surface area contributed by atoms with Crippen molar-refractivity contribution in [3.8, 4) is 17.4 Å². The molecule has 0 spiro atoms. The van der Waals surface area contributed by atoms with Gasteiger partial charge in [0.05, 0.1) is 5.39 Å². The summed E-state index contributed by atoms with van der Waals surface area (Å²) in [5, 5.41) is 10.1. The molecule has 21 heavy (non-hydrogen) atoms. The van der Waals surface area contributed by atoms with Gasteiger partial charge in [-0.1, -0.05) is 29.8 Å². The molecule has 0 radical (unpaired) electrons. The molecule has 0 fully saturated rings. The maximum Gasteiger partial charge on any atom is 0.291 e. The first-order valence-corrected chi connectivity index (χ1v) is 6.29. The summed E-state index contributed by atoms with van der Waals surface area (Å²) in [7, 11) is 0. The van der Waals surface area contributed by atoms with E-state index in [-0.39, 0.29) is 27.8 Å². The van der Waals surface area contributed by atoms with Crippen LogP contribution in [0.1, 0.15) is 10.5 Å². The molecule has 0 saturated carbocycles. The molecule has 0 bridgehead atoms. The van der Waals surface area contributed by atoms with Gasteiger partial charge < -0.3 is 20.0 Å². The van der Waals surface area contributed by atoms with Crippen LogP contribution in [0.5, 0.6) is 17.4 Å². The zero-order valence-corrected chi connectivity index (χ0v) is 11.3. The molecule has 6 nitrogen and oxygen atoms in total. The van der Waals surface area contributed by atoms with Crippen LogP contribution < -0.4 is 10.5 Å². The van der Waals surface area contributed by atoms with E-state index in [2.05, 4.69) is 4.98 Å². The first-order chi connectivity index (χ1) is 10.1. The number of carbonyl (C=O) groups excluding carboxylic acids is 1. The molecule has 3 rings (SSSR count). The van der Waals surface area contributed by atoms with Crippen LogP contribution in [-0.2, 0) is 0 Å². The number of rotatable bonds is 3. The average molecular weight is 305 g/mol. The fraction of sp³-hybridized carbons (Fsp3) is 0. The van der Waals surface area contributed by atoms with Gasteiger partial charge in [0, 0.05) is 6.07 Å². The minimum absolute atomic E-state index is 0.0838. The van der Waals surface area contributed by atoms with E-state index in [4.69, 9.17) is 26.5 Å². The molecule has 0 aliphatic rings. The van der Waals surface area contributed by atoms with Gasteiger partial charge in [0.15, 0.2) is 22.2 Å². The van der Waals surface area contributed by atoms with Crippen molar-refractivity contribution in [2.24, 2.45) is 5.73 Å². The molecule has 0 unspecified atom stereocenters. The molecule has 0 saturated heterocycles. The molecule has 3 N–H and O–H groups in total. The number of ether oxygens (including phenoxy) is 1. The highest BCUT2D eigenvalue weighted by atomic mass is 35.5. The normalized spacial score (nSPS) is 10.7. The minimum atomic E-state index is -0.886. The molecular formula is C14H9ClN2O4. The fourth-order valence-corrected chi connectivity index (χ4v) is 2.08. The Morgan fingerprint density at radius 2 is 2.05 bits per heavy atom. The van der Waals surface area contributed by atoms with E-state index in [1.54, 1.807) is 24.3 Å². The quantitative estimate of drug-likeness (QED) is 0.724. The van der Waals surface area contributed by atoms with Crippen LogP contribution in [-0.4, -0.2) is 16.0 Å². The number of aromatic hydroxyl groups is 1. The number of fused-ring (bicyclic) bond motifs is 1. The maximum absolute atomic E-state index is 11.2. The van der Waals surface area contributed by atoms with Gasteiger partial charge in [0.25, 0.3) is 11.9 Å². The number of benzene rings is 1. The molecule has 2 heterocycles. The number of aromatic nitrogens is 1. The second kappa shape index (κ2) is 4.99. The zero-order chi connectivity index (χ0) is 15.0. The molecule has 0 aliphatic heterocycles. The van der Waals surface area contributed by atoms with Gasteiger partial charge >= 0.3 is 0 Å². The lowest BCUT2D eigenvalue weighted by atomic mass is 10.2. The van der Waals surface area contributed by atoms with Gasteiger partial charge in [-0.15, -0.1) is 0 Å². The number of hydrogen-bond acceptors (Lipinski definition) is 5. The molecule has 106 valence electrons. The standard InChI is InChI=1S/C14H9ClN2O4/c15-13-12-8(11(18)10(17-13)14(16)19)6-9(21-12)20-7-4-2-1-3-5-7/h1-6,18H,(H2,16,19). The molecule has 1 amide bonds. The van der Waals surface area contributed by atoms with Gasteiger partial charge in [0.2, 0.25) is 0 Å². The Balaban J connectivity index is 2.10. The number of nitrogens with zero attached hydrogens (tertiary/aromatic N) is 1. The Hall–Kier alpha value is -2.73. The lowest BCUT2D eigenvalue weighted by molar-refractivity contribution is 0.0993. The van der Waals surface area contributed by atoms with Crippen molar-refractivity contribution in [2.45, 2.75) is 0 Å². The van der Waals surface area contributed by atoms with Crippen molar-refractivity contribution in [1.82, 2.24) is 4.98 Å². The van der Waals surface area contributed by atoms with Crippen molar-refractivity contribution in [1.29, 1.82) is 0 Å². The van der Waals surface area contributed by atoms with Crippen LogP contribution in [0.2, 0.25) is 5.15 Å². The summed E-state index contributed by atoms with van der Waals surface area (Å²) < 4.78 is 10.9. The van der Waals surface area contributed by atoms with Crippen LogP contribution in [0.4, 0.5) is 0 Å². The van der Waals surface area contributed by atoms with Crippen molar-refractivity contribution < 1.29 is 19.1 Å². The first-order valence-electron chi connectivity index (χ1n) is 5.91. The number of amides is 1. The lowest BCUT2D eigenvalue weighted by Crippen LogP contribution is -2.13. The molecule has 0 aliphatic carbocycles. The van der Waals surface area contributed by atoms with E-state index < -0.39 is 11.7 Å². The van der Waals surface area contributed by atoms with Crippen LogP contribution in [0.25, 0.3) is 11.0 Å². The molecule has 3 aromatic rings. The summed E-state index contributed by atoms with van der Waals surface area (Å²) in [5.74, 6) is -0.622. The Morgan fingerprint density at radius 1 is 1.33 bits per heavy atom. The van der Waals surface area contributed by atoms with E-state index in [0.717, 1.165) is 0 Å². The van der Waals surface area contributed by atoms with E-state index in [0.29, 0.717) is 5.75 Å². The van der Waals surface area contributed by atoms with Crippen LogP contribution >= 0.6 is 11.6 Å². The molecular weight excluding hydrogens is 296 g/mol. The highest BCUT2D eigenvalue weighted by molar-refractivity contribution is 6.34. The summed E-state index contributed by atoms with van der Waals surface area (Å²) in [5.41, 5.74) is 4.92. The second-order valence-corrected chi connectivity index (χ2v) is 4.55. The number of halogens is 1. The third-order valence-corrected chi connectivity index (χ3v) is 3.04. The van der Waals surface area contributed by atoms with Gasteiger partial charge in [-0.05, 0) is 12.1 Å². The minimum Gasteiger partial charge on any atom is -0.505 e. The topological polar surface area (TPSA) is 98.6 Å². The third-order valence-electron chi connectivity index (χ3n) is 2.78.